The predicted molar refractivity (Wildman–Crippen MR) is 132 cm³/mol. The van der Waals surface area contributed by atoms with Gasteiger partial charge in [0, 0.05) is 42.1 Å². The number of hydrogen-bond acceptors (Lipinski definition) is 6. The molecule has 0 unspecified atom stereocenters. The van der Waals surface area contributed by atoms with Crippen LogP contribution < -0.4 is 10.1 Å². The number of aromatic nitrogens is 3. The monoisotopic (exact) mass is 488 g/mol. The van der Waals surface area contributed by atoms with E-state index in [0.29, 0.717) is 39.3 Å². The number of rotatable bonds is 7. The van der Waals surface area contributed by atoms with Gasteiger partial charge in [0.25, 0.3) is 0 Å². The number of carbonyl (C=O) groups excluding carboxylic acids is 1. The summed E-state index contributed by atoms with van der Waals surface area (Å²) in [6.45, 7) is 7.42. The zero-order valence-electron chi connectivity index (χ0n) is 20.9. The first-order valence-electron chi connectivity index (χ1n) is 11.9. The van der Waals surface area contributed by atoms with Crippen molar-refractivity contribution in [1.82, 2.24) is 20.1 Å². The number of nitrogens with zero attached hydrogens (tertiary/aromatic N) is 3. The van der Waals surface area contributed by atoms with Crippen LogP contribution in [0.15, 0.2) is 36.5 Å². The Morgan fingerprint density at radius 1 is 1.17 bits per heavy atom. The maximum Gasteiger partial charge on any atom is 0.387 e. The predicted octanol–water partition coefficient (Wildman–Crippen LogP) is 5.50. The number of benzene rings is 1. The molecule has 0 bridgehead atoms. The summed E-state index contributed by atoms with van der Waals surface area (Å²) in [4.78, 5) is 15.3. The molecular weight excluding hydrogens is 454 g/mol. The van der Waals surface area contributed by atoms with Gasteiger partial charge in [-0.2, -0.15) is 13.9 Å². The lowest BCUT2D eigenvalue weighted by atomic mass is 9.80. The number of nitrogens with one attached hydrogen (secondary N) is 1. The number of hydrogen-bond donors (Lipinski definition) is 1. The van der Waals surface area contributed by atoms with E-state index in [-0.39, 0.29) is 11.8 Å². The molecular formula is C26H34F2N4O3. The Morgan fingerprint density at radius 2 is 1.89 bits per heavy atom. The van der Waals surface area contributed by atoms with Crippen LogP contribution in [-0.2, 0) is 4.74 Å². The largest absolute Gasteiger partial charge is 0.435 e. The van der Waals surface area contributed by atoms with Gasteiger partial charge in [-0.15, -0.1) is 0 Å². The fourth-order valence-electron chi connectivity index (χ4n) is 4.36. The van der Waals surface area contributed by atoms with E-state index in [0.717, 1.165) is 32.3 Å². The summed E-state index contributed by atoms with van der Waals surface area (Å²) in [5.41, 5.74) is 3.27. The van der Waals surface area contributed by atoms with E-state index in [1.54, 1.807) is 22.9 Å². The third-order valence-electron chi connectivity index (χ3n) is 6.51. The number of pyridine rings is 1. The average Bonchev–Trinajstić information content (AvgIpc) is 3.23. The highest BCUT2D eigenvalue weighted by Crippen LogP contribution is 2.31. The van der Waals surface area contributed by atoms with Crippen LogP contribution in [0.2, 0.25) is 0 Å². The Balaban J connectivity index is 0.000000261. The minimum absolute atomic E-state index is 0.0467. The van der Waals surface area contributed by atoms with E-state index in [1.165, 1.54) is 18.3 Å². The van der Waals surface area contributed by atoms with E-state index in [1.807, 2.05) is 13.8 Å². The van der Waals surface area contributed by atoms with Crippen LogP contribution in [0.3, 0.4) is 0 Å². The van der Waals surface area contributed by atoms with Gasteiger partial charge >= 0.3 is 6.61 Å². The Morgan fingerprint density at radius 3 is 2.43 bits per heavy atom. The van der Waals surface area contributed by atoms with Crippen LogP contribution >= 0.6 is 0 Å². The molecule has 35 heavy (non-hydrogen) atoms. The van der Waals surface area contributed by atoms with Gasteiger partial charge in [-0.1, -0.05) is 26.0 Å². The highest BCUT2D eigenvalue weighted by Gasteiger charge is 2.33. The highest BCUT2D eigenvalue weighted by molar-refractivity contribution is 5.93. The minimum atomic E-state index is -2.89. The van der Waals surface area contributed by atoms with Crippen molar-refractivity contribution in [2.75, 3.05) is 20.3 Å². The zero-order valence-corrected chi connectivity index (χ0v) is 20.9. The standard InChI is InChI=1S/C17H15F2N3O2.C9H19NO/c1-10(2)22-14-6-11(9-23)8-20-16(14)15(21-22)12-4-3-5-13(7-12)24-17(18)19;1-8(2)9(10-3)4-6-11-7-5-9/h3-10,17H,1-2H3;8,10H,4-7H2,1-3H3. The fraction of sp³-hybridized carbons (Fsp3) is 0.500. The van der Waals surface area contributed by atoms with E-state index in [4.69, 9.17) is 4.74 Å². The van der Waals surface area contributed by atoms with E-state index in [2.05, 4.69) is 41.0 Å². The third kappa shape index (κ3) is 6.21. The molecule has 0 amide bonds. The lowest BCUT2D eigenvalue weighted by Crippen LogP contribution is -2.51. The van der Waals surface area contributed by atoms with Gasteiger partial charge in [0.1, 0.15) is 17.0 Å². The average molecular weight is 489 g/mol. The molecule has 0 saturated carbocycles. The molecule has 7 nitrogen and oxygen atoms in total. The van der Waals surface area contributed by atoms with Gasteiger partial charge in [0.05, 0.1) is 5.52 Å². The summed E-state index contributed by atoms with van der Waals surface area (Å²) in [5.74, 6) is 0.760. The first kappa shape index (κ1) is 26.7. The van der Waals surface area contributed by atoms with Crippen LogP contribution in [0, 0.1) is 5.92 Å². The van der Waals surface area contributed by atoms with Crippen molar-refractivity contribution in [3.05, 3.63) is 42.1 Å². The quantitative estimate of drug-likeness (QED) is 0.442. The molecule has 0 radical (unpaired) electrons. The molecule has 0 atom stereocenters. The van der Waals surface area contributed by atoms with Crippen molar-refractivity contribution in [3.8, 4) is 17.0 Å². The van der Waals surface area contributed by atoms with Gasteiger partial charge in [-0.25, -0.2) is 0 Å². The molecule has 1 saturated heterocycles. The van der Waals surface area contributed by atoms with E-state index < -0.39 is 6.61 Å². The Hall–Kier alpha value is -2.91. The fourth-order valence-corrected chi connectivity index (χ4v) is 4.36. The first-order chi connectivity index (χ1) is 16.7. The molecule has 2 aromatic heterocycles. The maximum atomic E-state index is 12.4. The smallest absolute Gasteiger partial charge is 0.387 e. The van der Waals surface area contributed by atoms with Gasteiger partial charge < -0.3 is 14.8 Å². The normalized spacial score (nSPS) is 15.4. The van der Waals surface area contributed by atoms with Crippen molar-refractivity contribution < 1.29 is 23.0 Å². The van der Waals surface area contributed by atoms with Crippen LogP contribution in [0.4, 0.5) is 8.78 Å². The van der Waals surface area contributed by atoms with Gasteiger partial charge in [-0.3, -0.25) is 14.5 Å². The van der Waals surface area contributed by atoms with Crippen molar-refractivity contribution in [1.29, 1.82) is 0 Å². The van der Waals surface area contributed by atoms with Crippen molar-refractivity contribution >= 4 is 17.3 Å². The number of fused-ring (bicyclic) bond motifs is 1. The summed E-state index contributed by atoms with van der Waals surface area (Å²) in [6.07, 6.45) is 4.49. The van der Waals surface area contributed by atoms with E-state index in [9.17, 15) is 13.6 Å². The highest BCUT2D eigenvalue weighted by atomic mass is 19.3. The Kier molecular flexibility index (Phi) is 8.91. The summed E-state index contributed by atoms with van der Waals surface area (Å²) >= 11 is 0. The second-order valence-corrected chi connectivity index (χ2v) is 9.22. The molecule has 0 aliphatic carbocycles. The molecule has 0 spiro atoms. The lowest BCUT2D eigenvalue weighted by molar-refractivity contribution is -0.0498. The number of halogens is 2. The number of carbonyl (C=O) groups is 1. The Labute approximate surface area is 204 Å². The number of alkyl halides is 2. The molecule has 1 aromatic carbocycles. The van der Waals surface area contributed by atoms with Gasteiger partial charge in [0.2, 0.25) is 0 Å². The number of aldehydes is 1. The van der Waals surface area contributed by atoms with Gasteiger partial charge in [-0.05, 0) is 57.9 Å². The Bertz CT molecular complexity index is 1120. The van der Waals surface area contributed by atoms with Crippen molar-refractivity contribution in [2.45, 2.75) is 58.7 Å². The summed E-state index contributed by atoms with van der Waals surface area (Å²) in [5, 5.41) is 7.99. The van der Waals surface area contributed by atoms with Crippen molar-refractivity contribution in [2.24, 2.45) is 5.92 Å². The second-order valence-electron chi connectivity index (χ2n) is 9.22. The van der Waals surface area contributed by atoms with Crippen LogP contribution in [0.1, 0.15) is 56.9 Å². The minimum Gasteiger partial charge on any atom is -0.435 e. The van der Waals surface area contributed by atoms with Crippen molar-refractivity contribution in [3.63, 3.8) is 0 Å². The SMILES string of the molecule is CC(C)n1nc(-c2cccc(OC(F)F)c2)c2ncc(C=O)cc21.CNC1(C(C)C)CCOCC1. The molecule has 1 N–H and O–H groups in total. The molecule has 4 rings (SSSR count). The van der Waals surface area contributed by atoms with E-state index >= 15 is 0 Å². The molecule has 1 aliphatic heterocycles. The van der Waals surface area contributed by atoms with Crippen LogP contribution in [0.5, 0.6) is 5.75 Å². The first-order valence-corrected chi connectivity index (χ1v) is 11.9. The van der Waals surface area contributed by atoms with Crippen LogP contribution in [0.25, 0.3) is 22.3 Å². The molecule has 190 valence electrons. The molecule has 3 aromatic rings. The number of ether oxygens (including phenoxy) is 2. The molecule has 1 aliphatic rings. The third-order valence-corrected chi connectivity index (χ3v) is 6.51. The molecule has 9 heteroatoms. The summed E-state index contributed by atoms with van der Waals surface area (Å²) in [6, 6.07) is 8.08. The molecule has 1 fully saturated rings. The molecule has 3 heterocycles. The van der Waals surface area contributed by atoms with Gasteiger partial charge in [0.15, 0.2) is 6.29 Å². The van der Waals surface area contributed by atoms with Crippen LogP contribution in [-0.4, -0.2) is 53.5 Å². The zero-order chi connectivity index (χ0) is 25.6. The maximum absolute atomic E-state index is 12.4. The summed E-state index contributed by atoms with van der Waals surface area (Å²) < 4.78 is 36.4. The lowest BCUT2D eigenvalue weighted by Gasteiger charge is -2.40. The second kappa shape index (κ2) is 11.7. The summed E-state index contributed by atoms with van der Waals surface area (Å²) in [7, 11) is 2.06. The topological polar surface area (TPSA) is 78.3 Å².